The maximum Gasteiger partial charge on any atom is 0.233 e. The number of hydrogen-bond donors (Lipinski definition) is 1. The Labute approximate surface area is 137 Å². The molecule has 2 fully saturated rings. The van der Waals surface area contributed by atoms with Crippen molar-refractivity contribution in [1.29, 1.82) is 0 Å². The molecule has 2 atom stereocenters. The molecule has 2 N–H and O–H groups in total. The lowest BCUT2D eigenvalue weighted by Crippen LogP contribution is -2.41. The molecule has 0 bridgehead atoms. The van der Waals surface area contributed by atoms with Crippen molar-refractivity contribution in [1.82, 2.24) is 4.90 Å². The Kier molecular flexibility index (Phi) is 4.86. The zero-order valence-electron chi connectivity index (χ0n) is 12.2. The summed E-state index contributed by atoms with van der Waals surface area (Å²) in [5.41, 5.74) is 6.51. The zero-order chi connectivity index (χ0) is 14.3. The van der Waals surface area contributed by atoms with Crippen LogP contribution in [0.1, 0.15) is 31.7 Å². The lowest BCUT2D eigenvalue weighted by atomic mass is 9.94. The fourth-order valence-electron chi connectivity index (χ4n) is 3.41. The molecule has 0 spiro atoms. The average molecular weight is 329 g/mol. The number of halogens is 2. The van der Waals surface area contributed by atoms with Crippen LogP contribution in [-0.2, 0) is 10.2 Å². The molecule has 1 amide bonds. The van der Waals surface area contributed by atoms with Crippen LogP contribution in [-0.4, -0.2) is 29.9 Å². The summed E-state index contributed by atoms with van der Waals surface area (Å²) >= 11 is 6.08. The first-order chi connectivity index (χ1) is 9.56. The van der Waals surface area contributed by atoms with Crippen molar-refractivity contribution in [2.75, 3.05) is 13.1 Å². The quantitative estimate of drug-likeness (QED) is 0.927. The van der Waals surface area contributed by atoms with Crippen molar-refractivity contribution in [2.45, 2.75) is 37.6 Å². The van der Waals surface area contributed by atoms with Gasteiger partial charge in [-0.05, 0) is 56.3 Å². The van der Waals surface area contributed by atoms with Crippen molar-refractivity contribution < 1.29 is 4.79 Å². The van der Waals surface area contributed by atoms with E-state index in [2.05, 4.69) is 6.92 Å². The number of benzene rings is 1. The molecule has 2 aliphatic rings. The third-order valence-electron chi connectivity index (χ3n) is 4.79. The summed E-state index contributed by atoms with van der Waals surface area (Å²) in [5, 5.41) is 0.705. The minimum atomic E-state index is -0.317. The molecular formula is C16H22Cl2N2O. The second-order valence-electron chi connectivity index (χ2n) is 6.24. The third-order valence-corrected chi connectivity index (χ3v) is 5.03. The summed E-state index contributed by atoms with van der Waals surface area (Å²) in [7, 11) is 0. The monoisotopic (exact) mass is 328 g/mol. The Morgan fingerprint density at radius 1 is 1.48 bits per heavy atom. The second kappa shape index (κ2) is 6.15. The van der Waals surface area contributed by atoms with Crippen LogP contribution in [0.4, 0.5) is 0 Å². The van der Waals surface area contributed by atoms with E-state index in [1.807, 2.05) is 29.2 Å². The topological polar surface area (TPSA) is 46.3 Å². The Morgan fingerprint density at radius 2 is 2.19 bits per heavy atom. The molecule has 0 radical (unpaired) electrons. The van der Waals surface area contributed by atoms with Gasteiger partial charge in [-0.15, -0.1) is 12.4 Å². The van der Waals surface area contributed by atoms with E-state index in [-0.39, 0.29) is 23.7 Å². The summed E-state index contributed by atoms with van der Waals surface area (Å²) in [6, 6.07) is 8.05. The van der Waals surface area contributed by atoms with Gasteiger partial charge in [0.25, 0.3) is 0 Å². The van der Waals surface area contributed by atoms with Crippen molar-refractivity contribution in [2.24, 2.45) is 11.7 Å². The molecule has 116 valence electrons. The molecule has 1 saturated heterocycles. The number of carbonyl (C=O) groups is 1. The Bertz CT molecular complexity index is 531. The van der Waals surface area contributed by atoms with Crippen LogP contribution >= 0.6 is 24.0 Å². The number of hydrogen-bond acceptors (Lipinski definition) is 2. The van der Waals surface area contributed by atoms with E-state index in [1.165, 1.54) is 0 Å². The molecule has 2 unspecified atom stereocenters. The van der Waals surface area contributed by atoms with Crippen LogP contribution < -0.4 is 5.73 Å². The van der Waals surface area contributed by atoms with E-state index >= 15 is 0 Å². The first kappa shape index (κ1) is 16.6. The zero-order valence-corrected chi connectivity index (χ0v) is 13.8. The maximum atomic E-state index is 13.0. The molecule has 3 nitrogen and oxygen atoms in total. The number of nitrogens with two attached hydrogens (primary N) is 1. The summed E-state index contributed by atoms with van der Waals surface area (Å²) in [6.07, 6.45) is 2.89. The lowest BCUT2D eigenvalue weighted by molar-refractivity contribution is -0.134. The first-order valence-corrected chi connectivity index (χ1v) is 7.72. The normalized spacial score (nSPS) is 26.3. The number of likely N-dealkylation sites (tertiary alicyclic amines) is 1. The summed E-state index contributed by atoms with van der Waals surface area (Å²) < 4.78 is 0. The van der Waals surface area contributed by atoms with Gasteiger partial charge in [0, 0.05) is 17.6 Å². The smallest absolute Gasteiger partial charge is 0.233 e. The van der Waals surface area contributed by atoms with Gasteiger partial charge in [-0.25, -0.2) is 0 Å². The maximum absolute atomic E-state index is 13.0. The van der Waals surface area contributed by atoms with Crippen LogP contribution in [0, 0.1) is 5.92 Å². The van der Waals surface area contributed by atoms with Crippen LogP contribution in [0.5, 0.6) is 0 Å². The molecule has 1 aromatic rings. The number of rotatable bonds is 3. The van der Waals surface area contributed by atoms with E-state index < -0.39 is 0 Å². The molecule has 1 heterocycles. The lowest BCUT2D eigenvalue weighted by Gasteiger charge is -2.27. The highest BCUT2D eigenvalue weighted by atomic mass is 35.5. The largest absolute Gasteiger partial charge is 0.339 e. The van der Waals surface area contributed by atoms with Gasteiger partial charge in [0.15, 0.2) is 0 Å². The molecule has 3 rings (SSSR count). The first-order valence-electron chi connectivity index (χ1n) is 7.34. The number of nitrogens with zero attached hydrogens (tertiary/aromatic N) is 1. The van der Waals surface area contributed by atoms with Gasteiger partial charge in [0.1, 0.15) is 0 Å². The van der Waals surface area contributed by atoms with E-state index in [4.69, 9.17) is 17.3 Å². The van der Waals surface area contributed by atoms with Gasteiger partial charge in [-0.2, -0.15) is 0 Å². The fraction of sp³-hybridized carbons (Fsp3) is 0.562. The molecule has 21 heavy (non-hydrogen) atoms. The summed E-state index contributed by atoms with van der Waals surface area (Å²) in [4.78, 5) is 15.0. The highest BCUT2D eigenvalue weighted by Crippen LogP contribution is 2.51. The van der Waals surface area contributed by atoms with Crippen LogP contribution in [0.3, 0.4) is 0 Å². The molecule has 0 aromatic heterocycles. The van der Waals surface area contributed by atoms with E-state index in [0.29, 0.717) is 23.5 Å². The van der Waals surface area contributed by atoms with Gasteiger partial charge < -0.3 is 10.6 Å². The molecule has 1 aromatic carbocycles. The van der Waals surface area contributed by atoms with Gasteiger partial charge in [-0.3, -0.25) is 4.79 Å². The van der Waals surface area contributed by atoms with Crippen molar-refractivity contribution in [3.63, 3.8) is 0 Å². The molecular weight excluding hydrogens is 307 g/mol. The third kappa shape index (κ3) is 2.92. The SMILES string of the molecule is CC1CC(CN)CN1C(=O)C1(c2cccc(Cl)c2)CC1.Cl. The van der Waals surface area contributed by atoms with E-state index in [9.17, 15) is 4.79 Å². The highest BCUT2D eigenvalue weighted by molar-refractivity contribution is 6.30. The molecule has 1 saturated carbocycles. The minimum Gasteiger partial charge on any atom is -0.339 e. The van der Waals surface area contributed by atoms with Crippen LogP contribution in [0.2, 0.25) is 5.02 Å². The number of carbonyl (C=O) groups excluding carboxylic acids is 1. The number of amides is 1. The summed E-state index contributed by atoms with van der Waals surface area (Å²) in [5.74, 6) is 0.715. The average Bonchev–Trinajstić information content (AvgIpc) is 3.16. The predicted octanol–water partition coefficient (Wildman–Crippen LogP) is 2.99. The standard InChI is InChI=1S/C16H21ClN2O.ClH/c1-11-7-12(9-18)10-19(11)15(20)16(5-6-16)13-3-2-4-14(17)8-13;/h2-4,8,11-12H,5-7,9-10,18H2,1H3;1H. The van der Waals surface area contributed by atoms with Gasteiger partial charge >= 0.3 is 0 Å². The van der Waals surface area contributed by atoms with Crippen LogP contribution in [0.25, 0.3) is 0 Å². The molecule has 1 aliphatic heterocycles. The van der Waals surface area contributed by atoms with Gasteiger partial charge in [-0.1, -0.05) is 23.7 Å². The van der Waals surface area contributed by atoms with E-state index in [0.717, 1.165) is 31.4 Å². The molecule has 1 aliphatic carbocycles. The van der Waals surface area contributed by atoms with Gasteiger partial charge in [0.05, 0.1) is 5.41 Å². The minimum absolute atomic E-state index is 0. The fourth-order valence-corrected chi connectivity index (χ4v) is 3.60. The van der Waals surface area contributed by atoms with Gasteiger partial charge in [0.2, 0.25) is 5.91 Å². The second-order valence-corrected chi connectivity index (χ2v) is 6.67. The predicted molar refractivity (Wildman–Crippen MR) is 87.9 cm³/mol. The Morgan fingerprint density at radius 3 is 2.71 bits per heavy atom. The Hall–Kier alpha value is -0.770. The Balaban J connectivity index is 0.00000161. The van der Waals surface area contributed by atoms with Crippen molar-refractivity contribution in [3.05, 3.63) is 34.9 Å². The van der Waals surface area contributed by atoms with Crippen LogP contribution in [0.15, 0.2) is 24.3 Å². The van der Waals surface area contributed by atoms with E-state index in [1.54, 1.807) is 0 Å². The highest BCUT2D eigenvalue weighted by Gasteiger charge is 2.54. The van der Waals surface area contributed by atoms with Crippen molar-refractivity contribution in [3.8, 4) is 0 Å². The van der Waals surface area contributed by atoms with Crippen molar-refractivity contribution >= 4 is 29.9 Å². The molecule has 5 heteroatoms. The summed E-state index contributed by atoms with van der Waals surface area (Å²) in [6.45, 7) is 3.60.